The third kappa shape index (κ3) is 2.80. The van der Waals surface area contributed by atoms with Gasteiger partial charge in [-0.2, -0.15) is 0 Å². The van der Waals surface area contributed by atoms with Crippen LogP contribution in [-0.2, 0) is 4.74 Å². The number of ether oxygens (including phenoxy) is 1. The Kier molecular flexibility index (Phi) is 3.87. The zero-order valence-corrected chi connectivity index (χ0v) is 7.60. The molecule has 66 valence electrons. The smallest absolute Gasteiger partial charge is 0.0465 e. The quantitative estimate of drug-likeness (QED) is 0.666. The summed E-state index contributed by atoms with van der Waals surface area (Å²) in [4.78, 5) is 0. The summed E-state index contributed by atoms with van der Waals surface area (Å²) in [7, 11) is 1.78. The van der Waals surface area contributed by atoms with Gasteiger partial charge in [0.2, 0.25) is 0 Å². The van der Waals surface area contributed by atoms with Gasteiger partial charge in [0.25, 0.3) is 0 Å². The molecule has 1 saturated heterocycles. The molecule has 0 amide bonds. The minimum Gasteiger partial charge on any atom is -0.385 e. The van der Waals surface area contributed by atoms with Crippen molar-refractivity contribution in [1.82, 2.24) is 5.32 Å². The van der Waals surface area contributed by atoms with Crippen molar-refractivity contribution in [1.29, 1.82) is 0 Å². The topological polar surface area (TPSA) is 21.3 Å². The van der Waals surface area contributed by atoms with Crippen LogP contribution >= 0.6 is 0 Å². The Labute approximate surface area is 69.3 Å². The summed E-state index contributed by atoms with van der Waals surface area (Å²) in [6, 6.07) is 0. The summed E-state index contributed by atoms with van der Waals surface area (Å²) < 4.78 is 5.07. The SMILES string of the molecule is COCC[C@H]1CNCC[C@@H]1C. The first-order valence-corrected chi connectivity index (χ1v) is 4.54. The fourth-order valence-electron chi connectivity index (χ4n) is 1.71. The molecular weight excluding hydrogens is 138 g/mol. The van der Waals surface area contributed by atoms with E-state index in [0.29, 0.717) is 0 Å². The maximum absolute atomic E-state index is 5.07. The Hall–Kier alpha value is -0.0800. The van der Waals surface area contributed by atoms with Crippen LogP contribution in [0.15, 0.2) is 0 Å². The lowest BCUT2D eigenvalue weighted by molar-refractivity contribution is 0.150. The monoisotopic (exact) mass is 157 g/mol. The maximum Gasteiger partial charge on any atom is 0.0465 e. The van der Waals surface area contributed by atoms with Crippen LogP contribution in [0.4, 0.5) is 0 Å². The lowest BCUT2D eigenvalue weighted by Crippen LogP contribution is -2.35. The predicted octanol–water partition coefficient (Wildman–Crippen LogP) is 1.27. The van der Waals surface area contributed by atoms with Gasteiger partial charge >= 0.3 is 0 Å². The van der Waals surface area contributed by atoms with Crippen molar-refractivity contribution in [2.24, 2.45) is 11.8 Å². The average Bonchev–Trinajstić information content (AvgIpc) is 2.03. The van der Waals surface area contributed by atoms with Crippen molar-refractivity contribution >= 4 is 0 Å². The molecule has 0 aromatic rings. The zero-order valence-electron chi connectivity index (χ0n) is 7.60. The van der Waals surface area contributed by atoms with Gasteiger partial charge in [0.05, 0.1) is 0 Å². The molecule has 1 aliphatic rings. The van der Waals surface area contributed by atoms with Gasteiger partial charge in [0.15, 0.2) is 0 Å². The van der Waals surface area contributed by atoms with Crippen LogP contribution < -0.4 is 5.32 Å². The lowest BCUT2D eigenvalue weighted by Gasteiger charge is -2.29. The highest BCUT2D eigenvalue weighted by Gasteiger charge is 2.19. The first kappa shape index (κ1) is 9.01. The molecule has 0 aromatic carbocycles. The molecule has 2 nitrogen and oxygen atoms in total. The minimum absolute atomic E-state index is 0.837. The minimum atomic E-state index is 0.837. The molecule has 2 atom stereocenters. The average molecular weight is 157 g/mol. The van der Waals surface area contributed by atoms with Crippen LogP contribution in [0.5, 0.6) is 0 Å². The van der Waals surface area contributed by atoms with Gasteiger partial charge in [-0.05, 0) is 37.8 Å². The molecule has 0 saturated carbocycles. The van der Waals surface area contributed by atoms with Gasteiger partial charge in [-0.15, -0.1) is 0 Å². The first-order valence-electron chi connectivity index (χ1n) is 4.54. The van der Waals surface area contributed by atoms with Crippen LogP contribution in [0.2, 0.25) is 0 Å². The molecule has 1 heterocycles. The summed E-state index contributed by atoms with van der Waals surface area (Å²) in [5, 5.41) is 3.42. The summed E-state index contributed by atoms with van der Waals surface area (Å²) in [5.41, 5.74) is 0. The molecule has 2 heteroatoms. The number of hydrogen-bond donors (Lipinski definition) is 1. The largest absolute Gasteiger partial charge is 0.385 e. The van der Waals surface area contributed by atoms with E-state index in [9.17, 15) is 0 Å². The van der Waals surface area contributed by atoms with E-state index in [1.807, 2.05) is 0 Å². The molecule has 0 spiro atoms. The summed E-state index contributed by atoms with van der Waals surface area (Å²) in [6.45, 7) is 5.65. The van der Waals surface area contributed by atoms with E-state index in [2.05, 4.69) is 12.2 Å². The standard InChI is InChI=1S/C9H19NO/c1-8-3-5-10-7-9(8)4-6-11-2/h8-10H,3-7H2,1-2H3/t8-,9-/m0/s1. The normalized spacial score (nSPS) is 32.2. The number of hydrogen-bond acceptors (Lipinski definition) is 2. The van der Waals surface area contributed by atoms with Gasteiger partial charge < -0.3 is 10.1 Å². The van der Waals surface area contributed by atoms with Crippen LogP contribution in [0.25, 0.3) is 0 Å². The molecule has 1 fully saturated rings. The third-order valence-corrected chi connectivity index (χ3v) is 2.68. The van der Waals surface area contributed by atoms with E-state index in [1.165, 1.54) is 25.9 Å². The van der Waals surface area contributed by atoms with Crippen LogP contribution in [0, 0.1) is 11.8 Å². The Morgan fingerprint density at radius 1 is 1.55 bits per heavy atom. The van der Waals surface area contributed by atoms with Crippen LogP contribution in [0.1, 0.15) is 19.8 Å². The maximum atomic E-state index is 5.07. The highest BCUT2D eigenvalue weighted by atomic mass is 16.5. The van der Waals surface area contributed by atoms with Gasteiger partial charge in [-0.25, -0.2) is 0 Å². The highest BCUT2D eigenvalue weighted by molar-refractivity contribution is 4.74. The van der Waals surface area contributed by atoms with Crippen molar-refractivity contribution in [2.45, 2.75) is 19.8 Å². The van der Waals surface area contributed by atoms with Crippen molar-refractivity contribution in [2.75, 3.05) is 26.8 Å². The third-order valence-electron chi connectivity index (χ3n) is 2.68. The van der Waals surface area contributed by atoms with Gasteiger partial charge in [-0.3, -0.25) is 0 Å². The van der Waals surface area contributed by atoms with Crippen molar-refractivity contribution in [3.05, 3.63) is 0 Å². The summed E-state index contributed by atoms with van der Waals surface area (Å²) in [6.07, 6.45) is 2.54. The first-order chi connectivity index (χ1) is 5.34. The van der Waals surface area contributed by atoms with E-state index in [1.54, 1.807) is 7.11 Å². The van der Waals surface area contributed by atoms with Crippen molar-refractivity contribution < 1.29 is 4.74 Å². The number of nitrogens with one attached hydrogen (secondary N) is 1. The summed E-state index contributed by atoms with van der Waals surface area (Å²) in [5.74, 6) is 1.72. The number of methoxy groups -OCH3 is 1. The predicted molar refractivity (Wildman–Crippen MR) is 46.6 cm³/mol. The van der Waals surface area contributed by atoms with E-state index in [0.717, 1.165) is 18.4 Å². The fourth-order valence-corrected chi connectivity index (χ4v) is 1.71. The Balaban J connectivity index is 2.18. The van der Waals surface area contributed by atoms with E-state index in [4.69, 9.17) is 4.74 Å². The second kappa shape index (κ2) is 4.73. The van der Waals surface area contributed by atoms with Gasteiger partial charge in [0, 0.05) is 13.7 Å². The molecule has 0 aliphatic carbocycles. The lowest BCUT2D eigenvalue weighted by atomic mass is 9.86. The molecule has 11 heavy (non-hydrogen) atoms. The van der Waals surface area contributed by atoms with E-state index in [-0.39, 0.29) is 0 Å². The fraction of sp³-hybridized carbons (Fsp3) is 1.00. The molecule has 0 bridgehead atoms. The molecule has 1 rings (SSSR count). The Bertz CT molecular complexity index is 106. The van der Waals surface area contributed by atoms with E-state index < -0.39 is 0 Å². The van der Waals surface area contributed by atoms with Gasteiger partial charge in [0.1, 0.15) is 0 Å². The summed E-state index contributed by atoms with van der Waals surface area (Å²) >= 11 is 0. The Morgan fingerprint density at radius 3 is 3.00 bits per heavy atom. The highest BCUT2D eigenvalue weighted by Crippen LogP contribution is 2.20. The second-order valence-electron chi connectivity index (χ2n) is 3.51. The molecule has 0 radical (unpaired) electrons. The molecule has 0 unspecified atom stereocenters. The zero-order chi connectivity index (χ0) is 8.10. The number of rotatable bonds is 3. The molecule has 1 aliphatic heterocycles. The number of piperidine rings is 1. The second-order valence-corrected chi connectivity index (χ2v) is 3.51. The van der Waals surface area contributed by atoms with E-state index >= 15 is 0 Å². The van der Waals surface area contributed by atoms with Crippen molar-refractivity contribution in [3.63, 3.8) is 0 Å². The van der Waals surface area contributed by atoms with Crippen LogP contribution in [0.3, 0.4) is 0 Å². The van der Waals surface area contributed by atoms with Gasteiger partial charge in [-0.1, -0.05) is 6.92 Å². The Morgan fingerprint density at radius 2 is 2.36 bits per heavy atom. The molecular formula is C9H19NO. The van der Waals surface area contributed by atoms with Crippen LogP contribution in [-0.4, -0.2) is 26.8 Å². The molecule has 1 N–H and O–H groups in total. The molecule has 0 aromatic heterocycles. The van der Waals surface area contributed by atoms with Crippen molar-refractivity contribution in [3.8, 4) is 0 Å².